The zero-order valence-electron chi connectivity index (χ0n) is 10.6. The highest BCUT2D eigenvalue weighted by Gasteiger charge is 2.04. The van der Waals surface area contributed by atoms with Crippen LogP contribution in [0.25, 0.3) is 0 Å². The van der Waals surface area contributed by atoms with Crippen LogP contribution in [0.3, 0.4) is 0 Å². The minimum absolute atomic E-state index is 0.577. The number of rotatable bonds is 4. The van der Waals surface area contributed by atoms with Crippen molar-refractivity contribution in [3.05, 3.63) is 34.3 Å². The number of nitrogens with zero attached hydrogens (tertiary/aromatic N) is 2. The number of hydrogen-bond donors (Lipinski definition) is 3. The summed E-state index contributed by atoms with van der Waals surface area (Å²) in [5, 5.41) is 3.90. The molecule has 7 heteroatoms. The van der Waals surface area contributed by atoms with Crippen LogP contribution in [0.4, 0.5) is 17.3 Å². The molecule has 0 saturated heterocycles. The average molecular weight is 340 g/mol. The number of halogens is 1. The molecule has 0 radical (unpaired) electrons. The number of aryl methyl sites for hydroxylation is 1. The number of benzene rings is 1. The van der Waals surface area contributed by atoms with E-state index in [0.717, 1.165) is 15.7 Å². The highest BCUT2D eigenvalue weighted by Crippen LogP contribution is 2.24. The number of nitrogens with one attached hydrogen (secondary N) is 2. The van der Waals surface area contributed by atoms with Gasteiger partial charge in [0, 0.05) is 16.2 Å². The Morgan fingerprint density at radius 2 is 1.89 bits per heavy atom. The Morgan fingerprint density at radius 3 is 2.53 bits per heavy atom. The van der Waals surface area contributed by atoms with E-state index in [2.05, 4.69) is 36.6 Å². The van der Waals surface area contributed by atoms with Crippen molar-refractivity contribution < 1.29 is 0 Å². The first kappa shape index (κ1) is 14.1. The normalized spacial score (nSPS) is 10.3. The monoisotopic (exact) mass is 339 g/mol. The molecule has 5 nitrogen and oxygen atoms in total. The fraction of sp³-hybridized carbons (Fsp3) is 0.167. The Bertz CT molecular complexity index is 548. The lowest BCUT2D eigenvalue weighted by Gasteiger charge is -2.10. The van der Waals surface area contributed by atoms with Gasteiger partial charge in [-0.25, -0.2) is 15.8 Å². The SMILES string of the molecule is CSc1nc(NN)cc(Nc2cc(C)cc(Br)c2)n1. The van der Waals surface area contributed by atoms with Crippen LogP contribution in [0, 0.1) is 6.92 Å². The first-order chi connectivity index (χ1) is 9.10. The molecular formula is C12H14BrN5S. The van der Waals surface area contributed by atoms with E-state index >= 15 is 0 Å². The molecule has 0 unspecified atom stereocenters. The summed E-state index contributed by atoms with van der Waals surface area (Å²) in [4.78, 5) is 8.60. The Hall–Kier alpha value is -1.31. The van der Waals surface area contributed by atoms with Crippen molar-refractivity contribution in [1.82, 2.24) is 9.97 Å². The fourth-order valence-corrected chi connectivity index (χ4v) is 2.60. The number of thioether (sulfide) groups is 1. The van der Waals surface area contributed by atoms with E-state index in [4.69, 9.17) is 5.84 Å². The Kier molecular flexibility index (Phi) is 4.62. The van der Waals surface area contributed by atoms with E-state index in [1.165, 1.54) is 11.8 Å². The third-order valence-electron chi connectivity index (χ3n) is 2.35. The number of aromatic nitrogens is 2. The van der Waals surface area contributed by atoms with Crippen LogP contribution in [0.2, 0.25) is 0 Å². The maximum atomic E-state index is 5.40. The summed E-state index contributed by atoms with van der Waals surface area (Å²) in [5.74, 6) is 6.68. The van der Waals surface area contributed by atoms with Crippen LogP contribution in [0.5, 0.6) is 0 Å². The summed E-state index contributed by atoms with van der Waals surface area (Å²) in [7, 11) is 0. The Balaban J connectivity index is 2.31. The molecule has 0 fully saturated rings. The van der Waals surface area contributed by atoms with Gasteiger partial charge in [-0.3, -0.25) is 0 Å². The molecule has 0 spiro atoms. The molecule has 0 saturated carbocycles. The average Bonchev–Trinajstić information content (AvgIpc) is 2.37. The molecule has 2 aromatic rings. The zero-order chi connectivity index (χ0) is 13.8. The van der Waals surface area contributed by atoms with Gasteiger partial charge in [0.25, 0.3) is 0 Å². The highest BCUT2D eigenvalue weighted by atomic mass is 79.9. The first-order valence-electron chi connectivity index (χ1n) is 5.54. The molecule has 2 rings (SSSR count). The van der Waals surface area contributed by atoms with E-state index in [1.54, 1.807) is 6.07 Å². The molecule has 0 bridgehead atoms. The van der Waals surface area contributed by atoms with Gasteiger partial charge < -0.3 is 10.7 Å². The lowest BCUT2D eigenvalue weighted by atomic mass is 10.2. The van der Waals surface area contributed by atoms with Crippen molar-refractivity contribution in [1.29, 1.82) is 0 Å². The first-order valence-corrected chi connectivity index (χ1v) is 7.56. The van der Waals surface area contributed by atoms with Gasteiger partial charge in [-0.2, -0.15) is 0 Å². The maximum absolute atomic E-state index is 5.40. The van der Waals surface area contributed by atoms with Gasteiger partial charge in [-0.15, -0.1) is 0 Å². The molecule has 1 heterocycles. The maximum Gasteiger partial charge on any atom is 0.191 e. The number of hydrogen-bond acceptors (Lipinski definition) is 6. The number of hydrazine groups is 1. The quantitative estimate of drug-likeness (QED) is 0.343. The van der Waals surface area contributed by atoms with E-state index in [-0.39, 0.29) is 0 Å². The molecular weight excluding hydrogens is 326 g/mol. The van der Waals surface area contributed by atoms with Gasteiger partial charge in [-0.05, 0) is 36.9 Å². The van der Waals surface area contributed by atoms with E-state index in [9.17, 15) is 0 Å². The number of nitrogens with two attached hydrogens (primary N) is 1. The lowest BCUT2D eigenvalue weighted by Crippen LogP contribution is -2.10. The van der Waals surface area contributed by atoms with Crippen molar-refractivity contribution in [2.45, 2.75) is 12.1 Å². The fourth-order valence-electron chi connectivity index (χ4n) is 1.61. The van der Waals surface area contributed by atoms with E-state index in [0.29, 0.717) is 16.8 Å². The van der Waals surface area contributed by atoms with Crippen LogP contribution in [-0.4, -0.2) is 16.2 Å². The van der Waals surface area contributed by atoms with Gasteiger partial charge in [0.2, 0.25) is 0 Å². The molecule has 1 aromatic heterocycles. The summed E-state index contributed by atoms with van der Waals surface area (Å²) in [6.07, 6.45) is 1.92. The molecule has 0 amide bonds. The second-order valence-electron chi connectivity index (χ2n) is 3.91. The van der Waals surface area contributed by atoms with Gasteiger partial charge >= 0.3 is 0 Å². The Labute approximate surface area is 124 Å². The van der Waals surface area contributed by atoms with Crippen molar-refractivity contribution >= 4 is 45.0 Å². The van der Waals surface area contributed by atoms with Gasteiger partial charge in [0.05, 0.1) is 0 Å². The predicted octanol–water partition coefficient (Wildman–Crippen LogP) is 3.30. The van der Waals surface area contributed by atoms with Crippen molar-refractivity contribution in [2.75, 3.05) is 17.0 Å². The molecule has 1 aromatic carbocycles. The third kappa shape index (κ3) is 3.82. The minimum atomic E-state index is 0.577. The summed E-state index contributed by atoms with van der Waals surface area (Å²) in [6, 6.07) is 7.84. The lowest BCUT2D eigenvalue weighted by molar-refractivity contribution is 0.971. The molecule has 100 valence electrons. The number of nitrogen functional groups attached to an aromatic ring is 1. The van der Waals surface area contributed by atoms with Crippen LogP contribution in [0.15, 0.2) is 33.9 Å². The molecule has 0 aliphatic heterocycles. The minimum Gasteiger partial charge on any atom is -0.340 e. The van der Waals surface area contributed by atoms with Crippen LogP contribution in [0.1, 0.15) is 5.56 Å². The van der Waals surface area contributed by atoms with Gasteiger partial charge in [0.15, 0.2) is 5.16 Å². The molecule has 0 aliphatic carbocycles. The topological polar surface area (TPSA) is 75.9 Å². The second kappa shape index (κ2) is 6.23. The standard InChI is InChI=1S/C12H14BrN5S/c1-7-3-8(13)5-9(4-7)15-10-6-11(18-14)17-12(16-10)19-2/h3-6H,14H2,1-2H3,(H2,15,16,17,18). The molecule has 0 aliphatic rings. The molecule has 19 heavy (non-hydrogen) atoms. The van der Waals surface area contributed by atoms with Crippen molar-refractivity contribution in [3.63, 3.8) is 0 Å². The predicted molar refractivity (Wildman–Crippen MR) is 83.8 cm³/mol. The van der Waals surface area contributed by atoms with Crippen LogP contribution in [-0.2, 0) is 0 Å². The largest absolute Gasteiger partial charge is 0.340 e. The third-order valence-corrected chi connectivity index (χ3v) is 3.36. The zero-order valence-corrected chi connectivity index (χ0v) is 13.0. The van der Waals surface area contributed by atoms with E-state index in [1.807, 2.05) is 31.4 Å². The van der Waals surface area contributed by atoms with Crippen LogP contribution < -0.4 is 16.6 Å². The summed E-state index contributed by atoms with van der Waals surface area (Å²) in [6.45, 7) is 2.04. The smallest absolute Gasteiger partial charge is 0.191 e. The van der Waals surface area contributed by atoms with Gasteiger partial charge in [0.1, 0.15) is 11.6 Å². The summed E-state index contributed by atoms with van der Waals surface area (Å²) < 4.78 is 1.02. The molecule has 0 atom stereocenters. The van der Waals surface area contributed by atoms with Crippen molar-refractivity contribution in [2.24, 2.45) is 5.84 Å². The summed E-state index contributed by atoms with van der Waals surface area (Å²) >= 11 is 4.94. The Morgan fingerprint density at radius 1 is 1.16 bits per heavy atom. The number of anilines is 3. The summed E-state index contributed by atoms with van der Waals surface area (Å²) in [5.41, 5.74) is 4.66. The van der Waals surface area contributed by atoms with Crippen LogP contribution >= 0.6 is 27.7 Å². The second-order valence-corrected chi connectivity index (χ2v) is 5.60. The molecule has 4 N–H and O–H groups in total. The highest BCUT2D eigenvalue weighted by molar-refractivity contribution is 9.10. The van der Waals surface area contributed by atoms with E-state index < -0.39 is 0 Å². The van der Waals surface area contributed by atoms with Crippen molar-refractivity contribution in [3.8, 4) is 0 Å². The van der Waals surface area contributed by atoms with Gasteiger partial charge in [-0.1, -0.05) is 27.7 Å².